The zero-order valence-electron chi connectivity index (χ0n) is 5.79. The minimum atomic E-state index is -2.33. The molecule has 11 heavy (non-hydrogen) atoms. The van der Waals surface area contributed by atoms with Crippen molar-refractivity contribution >= 4 is 5.91 Å². The third kappa shape index (κ3) is 0.617. The van der Waals surface area contributed by atoms with Gasteiger partial charge in [-0.05, 0) is 0 Å². The van der Waals surface area contributed by atoms with Crippen LogP contribution >= 0.6 is 0 Å². The van der Waals surface area contributed by atoms with E-state index in [4.69, 9.17) is 0 Å². The van der Waals surface area contributed by atoms with Gasteiger partial charge in [0.15, 0.2) is 5.67 Å². The molecule has 2 rings (SSSR count). The van der Waals surface area contributed by atoms with Crippen LogP contribution in [0.1, 0.15) is 0 Å². The predicted octanol–water partition coefficient (Wildman–Crippen LogP) is -0.864. The topological polar surface area (TPSA) is 41.1 Å². The second-order valence-corrected chi connectivity index (χ2v) is 3.05. The van der Waals surface area contributed by atoms with E-state index in [2.05, 4.69) is 10.6 Å². The van der Waals surface area contributed by atoms with Crippen LogP contribution in [0.15, 0.2) is 0 Å². The lowest BCUT2D eigenvalue weighted by molar-refractivity contribution is -0.131. The summed E-state index contributed by atoms with van der Waals surface area (Å²) in [6.45, 7) is -0.507. The molecule has 0 unspecified atom stereocenters. The van der Waals surface area contributed by atoms with Crippen LogP contribution in [-0.2, 0) is 4.79 Å². The van der Waals surface area contributed by atoms with E-state index < -0.39 is 17.2 Å². The standard InChI is InChI=1S/C6H8F2N2O/c7-5-1-9-3-6(5,8)4(11)10-2-5/h9H,1-3H2,(H,10,11)/t5-,6+/m0/s1. The Labute approximate surface area is 62.1 Å². The molecule has 5 heteroatoms. The van der Waals surface area contributed by atoms with Gasteiger partial charge >= 0.3 is 0 Å². The van der Waals surface area contributed by atoms with Crippen LogP contribution in [0.25, 0.3) is 0 Å². The van der Waals surface area contributed by atoms with Crippen molar-refractivity contribution in [2.45, 2.75) is 11.3 Å². The normalized spacial score (nSPS) is 49.1. The minimum Gasteiger partial charge on any atom is -0.350 e. The smallest absolute Gasteiger partial charge is 0.262 e. The van der Waals surface area contributed by atoms with E-state index in [0.29, 0.717) is 0 Å². The first-order chi connectivity index (χ1) is 5.08. The maximum absolute atomic E-state index is 13.4. The molecule has 2 fully saturated rings. The van der Waals surface area contributed by atoms with Crippen LogP contribution in [0.2, 0.25) is 0 Å². The molecule has 0 aromatic carbocycles. The summed E-state index contributed by atoms with van der Waals surface area (Å²) in [4.78, 5) is 10.8. The van der Waals surface area contributed by atoms with E-state index >= 15 is 0 Å². The Morgan fingerprint density at radius 1 is 1.27 bits per heavy atom. The molecule has 0 radical (unpaired) electrons. The van der Waals surface area contributed by atoms with Crippen molar-refractivity contribution in [3.8, 4) is 0 Å². The number of carbonyl (C=O) groups excluding carboxylic acids is 1. The Morgan fingerprint density at radius 2 is 2.00 bits per heavy atom. The van der Waals surface area contributed by atoms with Gasteiger partial charge in [0.25, 0.3) is 5.91 Å². The monoisotopic (exact) mass is 162 g/mol. The number of hydrogen-bond donors (Lipinski definition) is 2. The quantitative estimate of drug-likeness (QED) is 0.486. The molecule has 2 atom stereocenters. The van der Waals surface area contributed by atoms with Crippen molar-refractivity contribution in [1.29, 1.82) is 0 Å². The summed E-state index contributed by atoms with van der Waals surface area (Å²) in [7, 11) is 0. The van der Waals surface area contributed by atoms with Gasteiger partial charge in [-0.15, -0.1) is 0 Å². The van der Waals surface area contributed by atoms with Crippen molar-refractivity contribution in [1.82, 2.24) is 10.6 Å². The molecule has 2 N–H and O–H groups in total. The van der Waals surface area contributed by atoms with Crippen molar-refractivity contribution in [3.63, 3.8) is 0 Å². The summed E-state index contributed by atoms with van der Waals surface area (Å²) in [6.07, 6.45) is 0. The Balaban J connectivity index is 2.41. The fourth-order valence-electron chi connectivity index (χ4n) is 1.58. The van der Waals surface area contributed by atoms with Gasteiger partial charge in [0, 0.05) is 13.1 Å². The van der Waals surface area contributed by atoms with Crippen molar-refractivity contribution in [2.75, 3.05) is 19.6 Å². The maximum atomic E-state index is 13.4. The van der Waals surface area contributed by atoms with Gasteiger partial charge in [-0.3, -0.25) is 4.79 Å². The molecule has 0 aliphatic carbocycles. The number of rotatable bonds is 0. The lowest BCUT2D eigenvalue weighted by atomic mass is 9.93. The summed E-state index contributed by atoms with van der Waals surface area (Å²) in [5.74, 6) is -0.829. The average Bonchev–Trinajstić information content (AvgIpc) is 2.34. The fourth-order valence-corrected chi connectivity index (χ4v) is 1.58. The number of fused-ring (bicyclic) bond motifs is 1. The third-order valence-corrected chi connectivity index (χ3v) is 2.37. The predicted molar refractivity (Wildman–Crippen MR) is 33.6 cm³/mol. The first-order valence-electron chi connectivity index (χ1n) is 3.45. The van der Waals surface area contributed by atoms with E-state index in [1.807, 2.05) is 0 Å². The van der Waals surface area contributed by atoms with Gasteiger partial charge in [0.05, 0.1) is 6.54 Å². The number of hydrogen-bond acceptors (Lipinski definition) is 2. The Morgan fingerprint density at radius 3 is 2.64 bits per heavy atom. The van der Waals surface area contributed by atoms with Gasteiger partial charge in [0.1, 0.15) is 0 Å². The second kappa shape index (κ2) is 1.72. The lowest BCUT2D eigenvalue weighted by Gasteiger charge is -2.19. The molecule has 2 saturated heterocycles. The maximum Gasteiger partial charge on any atom is 0.262 e. The number of amides is 1. The molecule has 3 nitrogen and oxygen atoms in total. The minimum absolute atomic E-state index is 0.0811. The lowest BCUT2D eigenvalue weighted by Crippen LogP contribution is -2.47. The molecule has 0 spiro atoms. The van der Waals surface area contributed by atoms with Crippen LogP contribution in [0, 0.1) is 0 Å². The van der Waals surface area contributed by atoms with Crippen LogP contribution in [0.5, 0.6) is 0 Å². The van der Waals surface area contributed by atoms with E-state index in [1.54, 1.807) is 0 Å². The molecule has 2 heterocycles. The molecule has 2 aliphatic rings. The second-order valence-electron chi connectivity index (χ2n) is 3.05. The van der Waals surface area contributed by atoms with E-state index in [9.17, 15) is 13.6 Å². The van der Waals surface area contributed by atoms with E-state index in [-0.39, 0.29) is 19.6 Å². The zero-order chi connectivity index (χ0) is 8.11. The summed E-state index contributed by atoms with van der Waals surface area (Å²) in [6, 6.07) is 0. The van der Waals surface area contributed by atoms with Crippen molar-refractivity contribution in [3.05, 3.63) is 0 Å². The largest absolute Gasteiger partial charge is 0.350 e. The molecule has 2 aliphatic heterocycles. The molecule has 0 aromatic heterocycles. The highest BCUT2D eigenvalue weighted by Crippen LogP contribution is 2.37. The van der Waals surface area contributed by atoms with Crippen molar-refractivity contribution < 1.29 is 13.6 Å². The first kappa shape index (κ1) is 6.97. The number of halogens is 2. The highest BCUT2D eigenvalue weighted by molar-refractivity contribution is 5.90. The molecule has 62 valence electrons. The van der Waals surface area contributed by atoms with Crippen LogP contribution < -0.4 is 10.6 Å². The van der Waals surface area contributed by atoms with Crippen LogP contribution in [0.4, 0.5) is 8.78 Å². The molecule has 0 bridgehead atoms. The first-order valence-corrected chi connectivity index (χ1v) is 3.45. The molecule has 0 aromatic rings. The van der Waals surface area contributed by atoms with Gasteiger partial charge in [-0.1, -0.05) is 0 Å². The number of alkyl halides is 2. The van der Waals surface area contributed by atoms with E-state index in [1.165, 1.54) is 0 Å². The number of carbonyl (C=O) groups is 1. The van der Waals surface area contributed by atoms with E-state index in [0.717, 1.165) is 0 Å². The van der Waals surface area contributed by atoms with Crippen LogP contribution in [-0.4, -0.2) is 36.9 Å². The third-order valence-electron chi connectivity index (χ3n) is 2.37. The average molecular weight is 162 g/mol. The van der Waals surface area contributed by atoms with Crippen molar-refractivity contribution in [2.24, 2.45) is 0 Å². The van der Waals surface area contributed by atoms with Gasteiger partial charge in [-0.2, -0.15) is 0 Å². The zero-order valence-corrected chi connectivity index (χ0v) is 5.79. The molecule has 0 saturated carbocycles. The van der Waals surface area contributed by atoms with Crippen LogP contribution in [0.3, 0.4) is 0 Å². The molecular formula is C6H8F2N2O. The van der Waals surface area contributed by atoms with Gasteiger partial charge in [0.2, 0.25) is 5.67 Å². The van der Waals surface area contributed by atoms with Gasteiger partial charge in [-0.25, -0.2) is 8.78 Å². The Bertz CT molecular complexity index is 223. The summed E-state index contributed by atoms with van der Waals surface area (Å²) < 4.78 is 26.8. The Hall–Kier alpha value is -0.710. The van der Waals surface area contributed by atoms with Gasteiger partial charge < -0.3 is 10.6 Å². The molecule has 1 amide bonds. The highest BCUT2D eigenvalue weighted by Gasteiger charge is 2.66. The Kier molecular flexibility index (Phi) is 1.09. The fraction of sp³-hybridized carbons (Fsp3) is 0.833. The SMILES string of the molecule is O=C1NC[C@@]2(F)CNC[C@@]12F. The number of nitrogens with one attached hydrogen (secondary N) is 2. The summed E-state index contributed by atoms with van der Waals surface area (Å²) in [5.41, 5.74) is -4.35. The molecular weight excluding hydrogens is 154 g/mol. The summed E-state index contributed by atoms with van der Waals surface area (Å²) in [5, 5.41) is 4.70. The highest BCUT2D eigenvalue weighted by atomic mass is 19.2. The summed E-state index contributed by atoms with van der Waals surface area (Å²) >= 11 is 0.